The normalized spacial score (nSPS) is 22.5. The van der Waals surface area contributed by atoms with E-state index in [1.165, 1.54) is 19.3 Å². The Morgan fingerprint density at radius 2 is 1.96 bits per heavy atom. The summed E-state index contributed by atoms with van der Waals surface area (Å²) < 4.78 is 1.15. The topological polar surface area (TPSA) is 74.8 Å². The molecule has 0 spiro atoms. The van der Waals surface area contributed by atoms with E-state index < -0.39 is 0 Å². The number of amides is 1. The molecule has 7 heteroatoms. The number of carbonyl (C=O) groups is 1. The van der Waals surface area contributed by atoms with Crippen LogP contribution in [0, 0.1) is 17.2 Å². The van der Waals surface area contributed by atoms with Gasteiger partial charge in [0.1, 0.15) is 11.8 Å². The highest BCUT2D eigenvalue weighted by atomic mass is 35.5. The van der Waals surface area contributed by atoms with Crippen molar-refractivity contribution in [3.63, 3.8) is 0 Å². The van der Waals surface area contributed by atoms with Gasteiger partial charge in [-0.2, -0.15) is 9.94 Å². The molecule has 2 fully saturated rings. The number of nitriles is 1. The van der Waals surface area contributed by atoms with Gasteiger partial charge in [-0.1, -0.05) is 47.9 Å². The Morgan fingerprint density at radius 1 is 1.19 bits per heavy atom. The van der Waals surface area contributed by atoms with E-state index in [2.05, 4.69) is 16.4 Å². The van der Waals surface area contributed by atoms with Gasteiger partial charge in [0.2, 0.25) is 0 Å². The van der Waals surface area contributed by atoms with Crippen LogP contribution in [0.25, 0.3) is 11.3 Å². The summed E-state index contributed by atoms with van der Waals surface area (Å²) in [5.74, 6) is 0.568. The van der Waals surface area contributed by atoms with Crippen LogP contribution in [0.15, 0.2) is 24.3 Å². The first kappa shape index (κ1) is 17.0. The predicted molar refractivity (Wildman–Crippen MR) is 97.7 cm³/mol. The van der Waals surface area contributed by atoms with Crippen LogP contribution in [0.1, 0.15) is 44.2 Å². The third-order valence-corrected chi connectivity index (χ3v) is 5.90. The number of fused-ring (bicyclic) bond motifs is 1. The van der Waals surface area contributed by atoms with E-state index in [4.69, 9.17) is 11.6 Å². The third kappa shape index (κ3) is 2.86. The van der Waals surface area contributed by atoms with Crippen LogP contribution in [0.5, 0.6) is 0 Å². The minimum atomic E-state index is -0.246. The zero-order valence-corrected chi connectivity index (χ0v) is 15.2. The van der Waals surface area contributed by atoms with Gasteiger partial charge in [0.25, 0.3) is 0 Å². The fourth-order valence-electron chi connectivity index (χ4n) is 4.33. The monoisotopic (exact) mass is 369 g/mol. The second-order valence-electron chi connectivity index (χ2n) is 7.02. The van der Waals surface area contributed by atoms with Crippen LogP contribution in [-0.4, -0.2) is 38.5 Å². The summed E-state index contributed by atoms with van der Waals surface area (Å²) in [6, 6.07) is 9.24. The molecule has 2 aliphatic rings. The van der Waals surface area contributed by atoms with Gasteiger partial charge < -0.3 is 4.90 Å². The minimum absolute atomic E-state index is 0.140. The molecule has 4 rings (SSSR count). The number of halogens is 1. The smallest absolute Gasteiger partial charge is 0.320 e. The van der Waals surface area contributed by atoms with E-state index in [9.17, 15) is 10.1 Å². The molecule has 0 bridgehead atoms. The van der Waals surface area contributed by atoms with Crippen molar-refractivity contribution in [3.8, 4) is 17.3 Å². The Kier molecular flexibility index (Phi) is 4.64. The predicted octanol–water partition coefficient (Wildman–Crippen LogP) is 4.09. The average Bonchev–Trinajstić information content (AvgIpc) is 3.11. The van der Waals surface area contributed by atoms with Crippen LogP contribution >= 0.6 is 11.6 Å². The van der Waals surface area contributed by atoms with Gasteiger partial charge in [-0.15, -0.1) is 5.10 Å². The molecule has 2 heterocycles. The van der Waals surface area contributed by atoms with Gasteiger partial charge in [0.05, 0.1) is 5.02 Å². The van der Waals surface area contributed by atoms with Crippen LogP contribution in [0.4, 0.5) is 4.79 Å². The highest BCUT2D eigenvalue weighted by Gasteiger charge is 2.37. The molecule has 6 nitrogen and oxygen atoms in total. The maximum Gasteiger partial charge on any atom is 0.347 e. The Bertz CT molecular complexity index is 869. The molecule has 1 amide bonds. The van der Waals surface area contributed by atoms with Gasteiger partial charge in [-0.3, -0.25) is 0 Å². The van der Waals surface area contributed by atoms with Crippen molar-refractivity contribution in [2.75, 3.05) is 6.54 Å². The molecule has 0 N–H and O–H groups in total. The summed E-state index contributed by atoms with van der Waals surface area (Å²) in [6.07, 6.45) is 6.79. The Labute approximate surface area is 157 Å². The van der Waals surface area contributed by atoms with E-state index in [1.54, 1.807) is 12.1 Å². The largest absolute Gasteiger partial charge is 0.347 e. The van der Waals surface area contributed by atoms with Crippen molar-refractivity contribution in [1.82, 2.24) is 19.9 Å². The first-order valence-electron chi connectivity index (χ1n) is 9.12. The molecular weight excluding hydrogens is 350 g/mol. The highest BCUT2D eigenvalue weighted by Crippen LogP contribution is 2.36. The van der Waals surface area contributed by atoms with Crippen LogP contribution < -0.4 is 0 Å². The van der Waals surface area contributed by atoms with Crippen molar-refractivity contribution >= 4 is 17.6 Å². The Hall–Kier alpha value is -2.39. The summed E-state index contributed by atoms with van der Waals surface area (Å²) in [4.78, 5) is 15.1. The standard InChI is InChI=1S/C19H20ClN5O/c20-15-9-3-2-8-14(15)18-17(12-21)25(23-22-18)19(26)24-11-5-7-13-6-1-4-10-16(13)24/h2-3,8-9,13,16H,1,4-7,10-11H2. The zero-order valence-electron chi connectivity index (χ0n) is 14.4. The summed E-state index contributed by atoms with van der Waals surface area (Å²) in [7, 11) is 0. The molecule has 2 aromatic rings. The van der Waals surface area contributed by atoms with Gasteiger partial charge in [0.15, 0.2) is 5.69 Å². The van der Waals surface area contributed by atoms with Crippen LogP contribution in [-0.2, 0) is 0 Å². The van der Waals surface area contributed by atoms with Crippen molar-refractivity contribution in [1.29, 1.82) is 5.26 Å². The first-order valence-corrected chi connectivity index (χ1v) is 9.50. The van der Waals surface area contributed by atoms with Crippen LogP contribution in [0.2, 0.25) is 5.02 Å². The lowest BCUT2D eigenvalue weighted by molar-refractivity contribution is 0.0831. The maximum absolute atomic E-state index is 13.2. The second-order valence-corrected chi connectivity index (χ2v) is 7.43. The number of aromatic nitrogens is 3. The molecule has 2 atom stereocenters. The molecule has 134 valence electrons. The summed E-state index contributed by atoms with van der Waals surface area (Å²) in [6.45, 7) is 0.714. The summed E-state index contributed by atoms with van der Waals surface area (Å²) >= 11 is 6.23. The zero-order chi connectivity index (χ0) is 18.1. The van der Waals surface area contributed by atoms with Crippen molar-refractivity contribution < 1.29 is 4.79 Å². The molecule has 0 radical (unpaired) electrons. The van der Waals surface area contributed by atoms with Gasteiger partial charge in [-0.05, 0) is 37.7 Å². The van der Waals surface area contributed by atoms with E-state index >= 15 is 0 Å². The maximum atomic E-state index is 13.2. The summed E-state index contributed by atoms with van der Waals surface area (Å²) in [5, 5.41) is 18.2. The van der Waals surface area contributed by atoms with Crippen molar-refractivity contribution in [2.45, 2.75) is 44.6 Å². The molecule has 1 saturated carbocycles. The number of benzene rings is 1. The molecule has 26 heavy (non-hydrogen) atoms. The number of hydrogen-bond acceptors (Lipinski definition) is 4. The molecular formula is C19H20ClN5O. The SMILES string of the molecule is N#Cc1c(-c2ccccc2Cl)nnn1C(=O)N1CCCC2CCCCC21. The Balaban J connectivity index is 1.69. The molecule has 1 aliphatic heterocycles. The number of likely N-dealkylation sites (tertiary alicyclic amines) is 1. The molecule has 2 unspecified atom stereocenters. The number of rotatable bonds is 1. The van der Waals surface area contributed by atoms with Crippen molar-refractivity contribution in [3.05, 3.63) is 35.0 Å². The molecule has 1 saturated heterocycles. The van der Waals surface area contributed by atoms with E-state index in [1.807, 2.05) is 17.0 Å². The van der Waals surface area contributed by atoms with Gasteiger partial charge in [0, 0.05) is 18.2 Å². The highest BCUT2D eigenvalue weighted by molar-refractivity contribution is 6.33. The van der Waals surface area contributed by atoms with Gasteiger partial charge >= 0.3 is 6.03 Å². The first-order chi connectivity index (χ1) is 12.7. The lowest BCUT2D eigenvalue weighted by Gasteiger charge is -2.43. The second kappa shape index (κ2) is 7.08. The van der Waals surface area contributed by atoms with E-state index in [0.717, 1.165) is 23.9 Å². The molecule has 1 aromatic heterocycles. The third-order valence-electron chi connectivity index (χ3n) is 5.58. The van der Waals surface area contributed by atoms with E-state index in [-0.39, 0.29) is 17.8 Å². The minimum Gasteiger partial charge on any atom is -0.320 e. The molecule has 1 aromatic carbocycles. The lowest BCUT2D eigenvalue weighted by Crippen LogP contribution is -2.51. The number of piperidine rings is 1. The molecule has 1 aliphatic carbocycles. The summed E-state index contributed by atoms with van der Waals surface area (Å²) in [5.41, 5.74) is 1.10. The lowest BCUT2D eigenvalue weighted by atomic mass is 9.78. The number of hydrogen-bond donors (Lipinski definition) is 0. The fourth-order valence-corrected chi connectivity index (χ4v) is 4.56. The van der Waals surface area contributed by atoms with Gasteiger partial charge in [-0.25, -0.2) is 4.79 Å². The average molecular weight is 370 g/mol. The van der Waals surface area contributed by atoms with Crippen LogP contribution in [0.3, 0.4) is 0 Å². The fraction of sp³-hybridized carbons (Fsp3) is 0.474. The van der Waals surface area contributed by atoms with Crippen molar-refractivity contribution in [2.24, 2.45) is 5.92 Å². The Morgan fingerprint density at radius 3 is 2.77 bits per heavy atom. The quantitative estimate of drug-likeness (QED) is 0.758. The van der Waals surface area contributed by atoms with E-state index in [0.29, 0.717) is 28.7 Å². The number of carbonyl (C=O) groups excluding carboxylic acids is 1. The number of nitrogens with zero attached hydrogens (tertiary/aromatic N) is 5.